The molecule has 0 fully saturated rings. The summed E-state index contributed by atoms with van der Waals surface area (Å²) in [4.78, 5) is 14.9. The van der Waals surface area contributed by atoms with Crippen LogP contribution >= 0.6 is 23.1 Å². The molecule has 1 aromatic heterocycles. The van der Waals surface area contributed by atoms with Crippen molar-refractivity contribution in [3.05, 3.63) is 65.1 Å². The lowest BCUT2D eigenvalue weighted by Gasteiger charge is -2.38. The van der Waals surface area contributed by atoms with Gasteiger partial charge >= 0.3 is 0 Å². The van der Waals surface area contributed by atoms with E-state index >= 15 is 0 Å². The molecule has 9 heteroatoms. The predicted molar refractivity (Wildman–Crippen MR) is 126 cm³/mol. The molecule has 1 atom stereocenters. The first kappa shape index (κ1) is 22.1. The second kappa shape index (κ2) is 9.59. The number of aromatic nitrogens is 2. The maximum Gasteiger partial charge on any atom is 0.219 e. The van der Waals surface area contributed by atoms with Crippen LogP contribution in [0.5, 0.6) is 5.75 Å². The molecule has 0 spiro atoms. The Hall–Kier alpha value is -3.09. The maximum atomic E-state index is 13.1. The minimum atomic E-state index is -0.509. The zero-order valence-electron chi connectivity index (χ0n) is 17.7. The molecular formula is C23H23N5O2S2. The van der Waals surface area contributed by atoms with Crippen molar-refractivity contribution in [1.82, 2.24) is 10.2 Å². The monoisotopic (exact) mass is 465 g/mol. The van der Waals surface area contributed by atoms with Gasteiger partial charge in [0.15, 0.2) is 10.1 Å². The number of benzene rings is 1. The molecule has 0 amide bonds. The fourth-order valence-corrected chi connectivity index (χ4v) is 5.80. The summed E-state index contributed by atoms with van der Waals surface area (Å²) < 4.78 is 6.40. The number of hydrogen-bond acceptors (Lipinski definition) is 9. The summed E-state index contributed by atoms with van der Waals surface area (Å²) in [6.45, 7) is 6.11. The standard InChI is InChI=1S/C23H23N5O2S2/c1-3-12-30-15-10-8-14(9-11-15)19-16(13-24)21(25)28(17-6-5-7-18(29)20(17)19)22-26-27-23(32-22)31-4-2/h3,8-11,19H,1,4-7,12,25H2,2H3. The van der Waals surface area contributed by atoms with Crippen molar-refractivity contribution in [3.8, 4) is 11.8 Å². The zero-order chi connectivity index (χ0) is 22.7. The Morgan fingerprint density at radius 1 is 1.38 bits per heavy atom. The van der Waals surface area contributed by atoms with Crippen molar-refractivity contribution in [2.45, 2.75) is 36.4 Å². The van der Waals surface area contributed by atoms with Gasteiger partial charge in [0.1, 0.15) is 18.2 Å². The minimum Gasteiger partial charge on any atom is -0.490 e. The summed E-state index contributed by atoms with van der Waals surface area (Å²) in [6.07, 6.45) is 3.55. The normalized spacial score (nSPS) is 18.4. The van der Waals surface area contributed by atoms with E-state index in [9.17, 15) is 10.1 Å². The maximum absolute atomic E-state index is 13.1. The van der Waals surface area contributed by atoms with Crippen molar-refractivity contribution < 1.29 is 9.53 Å². The Balaban J connectivity index is 1.81. The molecule has 2 N–H and O–H groups in total. The van der Waals surface area contributed by atoms with Crippen molar-refractivity contribution in [3.63, 3.8) is 0 Å². The molecule has 0 saturated heterocycles. The number of Topliss-reactive ketones (excluding diaryl/α,β-unsaturated/α-hetero) is 1. The van der Waals surface area contributed by atoms with Gasteiger partial charge < -0.3 is 10.5 Å². The summed E-state index contributed by atoms with van der Waals surface area (Å²) >= 11 is 3.01. The van der Waals surface area contributed by atoms with Crippen LogP contribution < -0.4 is 15.4 Å². The van der Waals surface area contributed by atoms with E-state index in [4.69, 9.17) is 10.5 Å². The largest absolute Gasteiger partial charge is 0.490 e. The third-order valence-electron chi connectivity index (χ3n) is 5.35. The smallest absolute Gasteiger partial charge is 0.219 e. The van der Waals surface area contributed by atoms with Crippen LogP contribution in [-0.4, -0.2) is 28.3 Å². The lowest BCUT2D eigenvalue weighted by atomic mass is 9.76. The Kier molecular flexibility index (Phi) is 6.63. The van der Waals surface area contributed by atoms with Crippen LogP contribution in [0.1, 0.15) is 37.7 Å². The number of allylic oxidation sites excluding steroid dienone is 3. The molecule has 1 unspecified atom stereocenters. The van der Waals surface area contributed by atoms with Gasteiger partial charge in [-0.15, -0.1) is 10.2 Å². The van der Waals surface area contributed by atoms with Crippen LogP contribution in [0.25, 0.3) is 0 Å². The number of ether oxygens (including phenoxy) is 1. The average molecular weight is 466 g/mol. The highest BCUT2D eigenvalue weighted by Gasteiger charge is 2.41. The van der Waals surface area contributed by atoms with Gasteiger partial charge in [0.25, 0.3) is 0 Å². The average Bonchev–Trinajstić information content (AvgIpc) is 3.25. The van der Waals surface area contributed by atoms with Gasteiger partial charge in [-0.25, -0.2) is 0 Å². The molecule has 0 radical (unpaired) electrons. The Morgan fingerprint density at radius 3 is 2.84 bits per heavy atom. The fourth-order valence-electron chi connectivity index (χ4n) is 4.02. The highest BCUT2D eigenvalue weighted by atomic mass is 32.2. The van der Waals surface area contributed by atoms with E-state index in [2.05, 4.69) is 22.8 Å². The summed E-state index contributed by atoms with van der Waals surface area (Å²) in [5.41, 5.74) is 9.18. The molecule has 1 aliphatic heterocycles. The first-order valence-corrected chi connectivity index (χ1v) is 12.1. The minimum absolute atomic E-state index is 0.0427. The molecule has 7 nitrogen and oxygen atoms in total. The molecule has 164 valence electrons. The lowest BCUT2D eigenvalue weighted by molar-refractivity contribution is -0.116. The van der Waals surface area contributed by atoms with Crippen LogP contribution in [0.15, 0.2) is 63.9 Å². The Bertz CT molecular complexity index is 1140. The number of hydrogen-bond donors (Lipinski definition) is 1. The van der Waals surface area contributed by atoms with Gasteiger partial charge in [-0.2, -0.15) is 5.26 Å². The van der Waals surface area contributed by atoms with Crippen molar-refractivity contribution in [2.24, 2.45) is 5.73 Å². The van der Waals surface area contributed by atoms with Crippen LogP contribution in [0, 0.1) is 11.3 Å². The number of nitrogens with two attached hydrogens (primary N) is 1. The molecule has 32 heavy (non-hydrogen) atoms. The highest BCUT2D eigenvalue weighted by molar-refractivity contribution is 8.01. The summed E-state index contributed by atoms with van der Waals surface area (Å²) in [5, 5.41) is 19.2. The third kappa shape index (κ3) is 4.04. The van der Waals surface area contributed by atoms with Gasteiger partial charge in [0, 0.05) is 17.7 Å². The van der Waals surface area contributed by atoms with E-state index in [-0.39, 0.29) is 5.78 Å². The number of nitriles is 1. The Morgan fingerprint density at radius 2 is 2.16 bits per heavy atom. The lowest BCUT2D eigenvalue weighted by Crippen LogP contribution is -2.38. The SMILES string of the molecule is C=CCOc1ccc(C2C(C#N)=C(N)N(c3nnc(SCC)s3)C3=C2C(=O)CCC3)cc1. The Labute approximate surface area is 195 Å². The number of anilines is 1. The predicted octanol–water partition coefficient (Wildman–Crippen LogP) is 4.52. The molecule has 2 aromatic rings. The van der Waals surface area contributed by atoms with Gasteiger partial charge in [-0.1, -0.05) is 54.8 Å². The quantitative estimate of drug-likeness (QED) is 0.470. The first-order valence-electron chi connectivity index (χ1n) is 10.3. The number of ketones is 1. The van der Waals surface area contributed by atoms with E-state index in [0.717, 1.165) is 27.8 Å². The van der Waals surface area contributed by atoms with Crippen molar-refractivity contribution in [1.29, 1.82) is 5.26 Å². The van der Waals surface area contributed by atoms with Crippen LogP contribution in [-0.2, 0) is 4.79 Å². The van der Waals surface area contributed by atoms with Crippen LogP contribution in [0.4, 0.5) is 5.13 Å². The van der Waals surface area contributed by atoms with E-state index in [0.29, 0.717) is 47.3 Å². The molecule has 4 rings (SSSR count). The van der Waals surface area contributed by atoms with Crippen LogP contribution in [0.3, 0.4) is 0 Å². The first-order chi connectivity index (χ1) is 15.6. The molecule has 0 saturated carbocycles. The second-order valence-corrected chi connectivity index (χ2v) is 9.74. The van der Waals surface area contributed by atoms with E-state index < -0.39 is 5.92 Å². The number of nitrogens with zero attached hydrogens (tertiary/aromatic N) is 4. The number of carbonyl (C=O) groups is 1. The number of rotatable bonds is 7. The highest BCUT2D eigenvalue weighted by Crippen LogP contribution is 2.47. The molecule has 2 aliphatic rings. The molecule has 2 heterocycles. The van der Waals surface area contributed by atoms with Crippen molar-refractivity contribution in [2.75, 3.05) is 17.3 Å². The molecule has 1 aromatic carbocycles. The van der Waals surface area contributed by atoms with Gasteiger partial charge in [-0.05, 0) is 36.3 Å². The van der Waals surface area contributed by atoms with E-state index in [1.165, 1.54) is 11.3 Å². The summed E-state index contributed by atoms with van der Waals surface area (Å²) in [5.74, 6) is 1.42. The van der Waals surface area contributed by atoms with E-state index in [1.807, 2.05) is 31.2 Å². The number of carbonyl (C=O) groups excluding carboxylic acids is 1. The van der Waals surface area contributed by atoms with Crippen molar-refractivity contribution >= 4 is 34.0 Å². The summed E-state index contributed by atoms with van der Waals surface area (Å²) in [6, 6.07) is 9.71. The second-order valence-electron chi connectivity index (χ2n) is 7.27. The third-order valence-corrected chi connectivity index (χ3v) is 7.27. The summed E-state index contributed by atoms with van der Waals surface area (Å²) in [7, 11) is 0. The van der Waals surface area contributed by atoms with Gasteiger partial charge in [0.2, 0.25) is 5.13 Å². The molecular weight excluding hydrogens is 442 g/mol. The molecule has 1 aliphatic carbocycles. The zero-order valence-corrected chi connectivity index (χ0v) is 19.3. The number of thioether (sulfide) groups is 1. The van der Waals surface area contributed by atoms with E-state index in [1.54, 1.807) is 22.7 Å². The van der Waals surface area contributed by atoms with Gasteiger partial charge in [-0.3, -0.25) is 9.69 Å². The van der Waals surface area contributed by atoms with Crippen LogP contribution in [0.2, 0.25) is 0 Å². The molecule has 0 bridgehead atoms. The van der Waals surface area contributed by atoms with Gasteiger partial charge in [0.05, 0.1) is 17.6 Å². The fraction of sp³-hybridized carbons (Fsp3) is 0.304. The topological polar surface area (TPSA) is 105 Å².